The molecule has 6 N–H and O–H groups in total. The molecule has 0 radical (unpaired) electrons. The Morgan fingerprint density at radius 1 is 0.971 bits per heavy atom. The van der Waals surface area contributed by atoms with E-state index in [0.717, 1.165) is 5.56 Å². The summed E-state index contributed by atoms with van der Waals surface area (Å²) in [6, 6.07) is 6.89. The lowest BCUT2D eigenvalue weighted by atomic mass is 10.0. The lowest BCUT2D eigenvalue weighted by Gasteiger charge is -2.23. The third-order valence-corrected chi connectivity index (χ3v) is 5.23. The first kappa shape index (κ1) is 26.6. The number of nitrogens with one attached hydrogen (secondary N) is 4. The molecule has 0 bridgehead atoms. The highest BCUT2D eigenvalue weighted by molar-refractivity contribution is 5.93. The van der Waals surface area contributed by atoms with Gasteiger partial charge in [0.05, 0.1) is 6.33 Å². The predicted octanol–water partition coefficient (Wildman–Crippen LogP) is 0.591. The van der Waals surface area contributed by atoms with Crippen molar-refractivity contribution >= 4 is 23.6 Å². The topological polar surface area (TPSA) is 159 Å². The summed E-state index contributed by atoms with van der Waals surface area (Å²) in [4.78, 5) is 56.6. The normalized spacial score (nSPS) is 13.5. The molecule has 0 fully saturated rings. The monoisotopic (exact) mass is 470 g/mol. The molecule has 0 saturated carbocycles. The van der Waals surface area contributed by atoms with E-state index in [1.165, 1.54) is 13.3 Å². The number of amides is 4. The summed E-state index contributed by atoms with van der Waals surface area (Å²) in [6.07, 6.45) is 4.36. The van der Waals surface area contributed by atoms with Gasteiger partial charge in [-0.25, -0.2) is 4.98 Å². The minimum atomic E-state index is -0.938. The second kappa shape index (κ2) is 13.1. The van der Waals surface area contributed by atoms with Gasteiger partial charge in [0, 0.05) is 24.7 Å². The maximum atomic E-state index is 13.0. The van der Waals surface area contributed by atoms with Crippen molar-refractivity contribution in [2.75, 3.05) is 0 Å². The third kappa shape index (κ3) is 9.05. The maximum Gasteiger partial charge on any atom is 0.243 e. The van der Waals surface area contributed by atoms with Crippen LogP contribution in [0.2, 0.25) is 0 Å². The number of rotatable bonds is 13. The minimum Gasteiger partial charge on any atom is -0.368 e. The van der Waals surface area contributed by atoms with Crippen LogP contribution in [-0.2, 0) is 32.0 Å². The van der Waals surface area contributed by atoms with Crippen molar-refractivity contribution in [2.24, 2.45) is 11.7 Å². The molecule has 2 rings (SSSR count). The van der Waals surface area contributed by atoms with Gasteiger partial charge in [-0.1, -0.05) is 44.2 Å². The van der Waals surface area contributed by atoms with Gasteiger partial charge in [-0.15, -0.1) is 0 Å². The number of imidazole rings is 1. The van der Waals surface area contributed by atoms with Crippen molar-refractivity contribution in [1.29, 1.82) is 0 Å². The molecule has 1 aromatic heterocycles. The first-order valence-electron chi connectivity index (χ1n) is 11.4. The maximum absolute atomic E-state index is 13.0. The Morgan fingerprint density at radius 2 is 1.68 bits per heavy atom. The van der Waals surface area contributed by atoms with Crippen LogP contribution in [0.1, 0.15) is 44.9 Å². The molecule has 34 heavy (non-hydrogen) atoms. The number of aryl methyl sites for hydroxylation is 1. The van der Waals surface area contributed by atoms with E-state index < -0.39 is 35.8 Å². The molecule has 4 amide bonds. The Kier molecular flexibility index (Phi) is 10.3. The molecule has 2 aromatic rings. The molecular formula is C24H34N6O4. The molecule has 0 aliphatic rings. The van der Waals surface area contributed by atoms with Gasteiger partial charge >= 0.3 is 0 Å². The number of nitrogens with zero attached hydrogens (tertiary/aromatic N) is 1. The molecule has 1 aromatic carbocycles. The fraction of sp³-hybridized carbons (Fsp3) is 0.458. The zero-order chi connectivity index (χ0) is 25.1. The standard InChI is InChI=1S/C24H34N6O4/c1-15(2)11-19(22(25)32)30-23(33)16(3)28-24(34)20(12-18-13-26-14-27-18)29-21(31)10-9-17-7-5-4-6-8-17/h4-8,13-16,19-20H,9-12H2,1-3H3,(H2,25,32)(H,26,27)(H,28,34)(H,29,31)(H,30,33)/t16-,19-,20-/m0/s1. The third-order valence-electron chi connectivity index (χ3n) is 5.23. The van der Waals surface area contributed by atoms with Gasteiger partial charge < -0.3 is 26.7 Å². The van der Waals surface area contributed by atoms with E-state index in [-0.39, 0.29) is 24.7 Å². The van der Waals surface area contributed by atoms with Crippen molar-refractivity contribution < 1.29 is 19.2 Å². The summed E-state index contributed by atoms with van der Waals surface area (Å²) >= 11 is 0. The van der Waals surface area contributed by atoms with Crippen molar-refractivity contribution in [1.82, 2.24) is 25.9 Å². The van der Waals surface area contributed by atoms with Gasteiger partial charge in [-0.05, 0) is 31.2 Å². The van der Waals surface area contributed by atoms with E-state index in [9.17, 15) is 19.2 Å². The molecule has 0 aliphatic carbocycles. The fourth-order valence-electron chi connectivity index (χ4n) is 3.39. The van der Waals surface area contributed by atoms with Gasteiger partial charge in [-0.3, -0.25) is 19.2 Å². The van der Waals surface area contributed by atoms with Crippen LogP contribution in [0.25, 0.3) is 0 Å². The van der Waals surface area contributed by atoms with Crippen LogP contribution in [0.5, 0.6) is 0 Å². The minimum absolute atomic E-state index is 0.146. The number of aromatic amines is 1. The van der Waals surface area contributed by atoms with E-state index in [1.807, 2.05) is 44.2 Å². The Balaban J connectivity index is 1.99. The average Bonchev–Trinajstić information content (AvgIpc) is 3.30. The van der Waals surface area contributed by atoms with Crippen LogP contribution < -0.4 is 21.7 Å². The summed E-state index contributed by atoms with van der Waals surface area (Å²) in [5.41, 5.74) is 7.06. The number of nitrogens with two attached hydrogens (primary N) is 1. The smallest absolute Gasteiger partial charge is 0.243 e. The highest BCUT2D eigenvalue weighted by atomic mass is 16.2. The van der Waals surface area contributed by atoms with Gasteiger partial charge in [0.15, 0.2) is 0 Å². The molecular weight excluding hydrogens is 436 g/mol. The summed E-state index contributed by atoms with van der Waals surface area (Å²) < 4.78 is 0. The average molecular weight is 471 g/mol. The summed E-state index contributed by atoms with van der Waals surface area (Å²) in [5.74, 6) is -1.83. The molecule has 1 heterocycles. The quantitative estimate of drug-likeness (QED) is 0.289. The lowest BCUT2D eigenvalue weighted by molar-refractivity contribution is -0.133. The highest BCUT2D eigenvalue weighted by Gasteiger charge is 2.27. The molecule has 0 aliphatic heterocycles. The Morgan fingerprint density at radius 3 is 2.26 bits per heavy atom. The number of H-pyrrole nitrogens is 1. The number of carbonyl (C=O) groups is 4. The zero-order valence-electron chi connectivity index (χ0n) is 19.8. The predicted molar refractivity (Wildman–Crippen MR) is 127 cm³/mol. The lowest BCUT2D eigenvalue weighted by Crippen LogP contribution is -2.56. The second-order valence-corrected chi connectivity index (χ2v) is 8.71. The Labute approximate surface area is 199 Å². The fourth-order valence-corrected chi connectivity index (χ4v) is 3.39. The van der Waals surface area contributed by atoms with Crippen LogP contribution in [0.15, 0.2) is 42.9 Å². The number of carbonyl (C=O) groups excluding carboxylic acids is 4. The first-order chi connectivity index (χ1) is 16.2. The number of aromatic nitrogens is 2. The number of primary amides is 1. The van der Waals surface area contributed by atoms with Crippen molar-refractivity contribution in [3.05, 3.63) is 54.1 Å². The SMILES string of the molecule is CC(C)C[C@H](NC(=O)[C@H](C)NC(=O)[C@H](Cc1cnc[nH]1)NC(=O)CCc1ccccc1)C(N)=O. The van der Waals surface area contributed by atoms with Gasteiger partial charge in [0.1, 0.15) is 18.1 Å². The van der Waals surface area contributed by atoms with Crippen LogP contribution >= 0.6 is 0 Å². The first-order valence-corrected chi connectivity index (χ1v) is 11.4. The van der Waals surface area contributed by atoms with E-state index in [0.29, 0.717) is 18.5 Å². The molecule has 10 nitrogen and oxygen atoms in total. The molecule has 3 atom stereocenters. The van der Waals surface area contributed by atoms with Crippen molar-refractivity contribution in [2.45, 2.75) is 64.6 Å². The van der Waals surface area contributed by atoms with Crippen LogP contribution in [0, 0.1) is 5.92 Å². The largest absolute Gasteiger partial charge is 0.368 e. The molecule has 184 valence electrons. The van der Waals surface area contributed by atoms with E-state index >= 15 is 0 Å². The highest BCUT2D eigenvalue weighted by Crippen LogP contribution is 2.06. The molecule has 0 unspecified atom stereocenters. The van der Waals surface area contributed by atoms with Crippen LogP contribution in [0.4, 0.5) is 0 Å². The van der Waals surface area contributed by atoms with Crippen LogP contribution in [-0.4, -0.2) is 51.7 Å². The van der Waals surface area contributed by atoms with Crippen molar-refractivity contribution in [3.8, 4) is 0 Å². The zero-order valence-corrected chi connectivity index (χ0v) is 19.8. The van der Waals surface area contributed by atoms with Crippen LogP contribution in [0.3, 0.4) is 0 Å². The summed E-state index contributed by atoms with van der Waals surface area (Å²) in [7, 11) is 0. The number of hydrogen-bond donors (Lipinski definition) is 5. The number of benzene rings is 1. The van der Waals surface area contributed by atoms with Gasteiger partial charge in [0.2, 0.25) is 23.6 Å². The second-order valence-electron chi connectivity index (χ2n) is 8.71. The van der Waals surface area contributed by atoms with Gasteiger partial charge in [0.25, 0.3) is 0 Å². The van der Waals surface area contributed by atoms with E-state index in [2.05, 4.69) is 25.9 Å². The number of hydrogen-bond acceptors (Lipinski definition) is 5. The Bertz CT molecular complexity index is 946. The molecule has 10 heteroatoms. The Hall–Kier alpha value is -3.69. The summed E-state index contributed by atoms with van der Waals surface area (Å²) in [6.45, 7) is 5.33. The van der Waals surface area contributed by atoms with Crippen molar-refractivity contribution in [3.63, 3.8) is 0 Å². The molecule has 0 spiro atoms. The van der Waals surface area contributed by atoms with E-state index in [1.54, 1.807) is 6.20 Å². The summed E-state index contributed by atoms with van der Waals surface area (Å²) in [5, 5.41) is 7.95. The van der Waals surface area contributed by atoms with E-state index in [4.69, 9.17) is 5.73 Å². The molecule has 0 saturated heterocycles. The van der Waals surface area contributed by atoms with Gasteiger partial charge in [-0.2, -0.15) is 0 Å².